The SMILES string of the molecule is CCOC(=O)c1cc(OC)cc(Br)c1C=O. The second kappa shape index (κ2) is 5.65. The highest BCUT2D eigenvalue weighted by molar-refractivity contribution is 9.10. The van der Waals surface area contributed by atoms with Gasteiger partial charge in [-0.3, -0.25) is 4.79 Å². The van der Waals surface area contributed by atoms with Crippen LogP contribution in [0.4, 0.5) is 0 Å². The second-order valence-corrected chi connectivity index (χ2v) is 3.76. The molecule has 0 saturated carbocycles. The van der Waals surface area contributed by atoms with E-state index >= 15 is 0 Å². The first kappa shape index (κ1) is 12.7. The summed E-state index contributed by atoms with van der Waals surface area (Å²) in [5.41, 5.74) is 0.460. The molecule has 0 atom stereocenters. The minimum atomic E-state index is -0.538. The molecule has 16 heavy (non-hydrogen) atoms. The smallest absolute Gasteiger partial charge is 0.339 e. The lowest BCUT2D eigenvalue weighted by atomic mass is 10.1. The zero-order chi connectivity index (χ0) is 12.1. The Labute approximate surface area is 102 Å². The van der Waals surface area contributed by atoms with Crippen molar-refractivity contribution >= 4 is 28.2 Å². The van der Waals surface area contributed by atoms with Crippen LogP contribution in [0.5, 0.6) is 5.75 Å². The average molecular weight is 287 g/mol. The summed E-state index contributed by atoms with van der Waals surface area (Å²) in [4.78, 5) is 22.5. The quantitative estimate of drug-likeness (QED) is 0.630. The van der Waals surface area contributed by atoms with E-state index < -0.39 is 5.97 Å². The molecule has 0 aliphatic heterocycles. The van der Waals surface area contributed by atoms with Gasteiger partial charge >= 0.3 is 5.97 Å². The number of halogens is 1. The Morgan fingerprint density at radius 1 is 1.50 bits per heavy atom. The van der Waals surface area contributed by atoms with E-state index in [1.54, 1.807) is 13.0 Å². The summed E-state index contributed by atoms with van der Waals surface area (Å²) >= 11 is 3.20. The first-order chi connectivity index (χ1) is 7.63. The van der Waals surface area contributed by atoms with Crippen LogP contribution in [-0.2, 0) is 4.74 Å². The molecule has 0 N–H and O–H groups in total. The van der Waals surface area contributed by atoms with Crippen LogP contribution in [0.15, 0.2) is 16.6 Å². The lowest BCUT2D eigenvalue weighted by molar-refractivity contribution is 0.0523. The number of ether oxygens (including phenoxy) is 2. The lowest BCUT2D eigenvalue weighted by Crippen LogP contribution is -2.08. The standard InChI is InChI=1S/C11H11BrO4/c1-3-16-11(14)8-4-7(15-2)5-10(12)9(8)6-13/h4-6H,3H2,1-2H3. The molecular formula is C11H11BrO4. The summed E-state index contributed by atoms with van der Waals surface area (Å²) in [6.45, 7) is 1.96. The maximum absolute atomic E-state index is 11.6. The summed E-state index contributed by atoms with van der Waals surface area (Å²) in [6, 6.07) is 3.10. The predicted octanol–water partition coefficient (Wildman–Crippen LogP) is 2.45. The molecule has 0 radical (unpaired) electrons. The maximum atomic E-state index is 11.6. The molecule has 0 aliphatic rings. The molecule has 5 heteroatoms. The third kappa shape index (κ3) is 2.61. The molecule has 0 aromatic heterocycles. The predicted molar refractivity (Wildman–Crippen MR) is 62.0 cm³/mol. The van der Waals surface area contributed by atoms with Crippen molar-refractivity contribution in [1.82, 2.24) is 0 Å². The second-order valence-electron chi connectivity index (χ2n) is 2.91. The monoisotopic (exact) mass is 286 g/mol. The number of hydrogen-bond donors (Lipinski definition) is 0. The van der Waals surface area contributed by atoms with Crippen molar-refractivity contribution in [3.63, 3.8) is 0 Å². The molecule has 86 valence electrons. The van der Waals surface area contributed by atoms with Crippen LogP contribution in [0.25, 0.3) is 0 Å². The third-order valence-electron chi connectivity index (χ3n) is 1.95. The van der Waals surface area contributed by atoms with Crippen LogP contribution < -0.4 is 4.74 Å². The fraction of sp³-hybridized carbons (Fsp3) is 0.273. The molecule has 0 saturated heterocycles. The van der Waals surface area contributed by atoms with Gasteiger partial charge in [-0.2, -0.15) is 0 Å². The first-order valence-corrected chi connectivity index (χ1v) is 5.43. The van der Waals surface area contributed by atoms with E-state index in [9.17, 15) is 9.59 Å². The van der Waals surface area contributed by atoms with Gasteiger partial charge in [-0.15, -0.1) is 0 Å². The number of carbonyl (C=O) groups excluding carboxylic acids is 2. The van der Waals surface area contributed by atoms with E-state index in [0.29, 0.717) is 16.5 Å². The maximum Gasteiger partial charge on any atom is 0.339 e. The Morgan fingerprint density at radius 2 is 2.19 bits per heavy atom. The van der Waals surface area contributed by atoms with Crippen LogP contribution in [0.3, 0.4) is 0 Å². The number of benzene rings is 1. The van der Waals surface area contributed by atoms with E-state index in [2.05, 4.69) is 15.9 Å². The molecule has 1 aromatic rings. The van der Waals surface area contributed by atoms with E-state index in [4.69, 9.17) is 9.47 Å². The van der Waals surface area contributed by atoms with Gasteiger partial charge in [-0.25, -0.2) is 4.79 Å². The number of methoxy groups -OCH3 is 1. The van der Waals surface area contributed by atoms with Crippen molar-refractivity contribution in [1.29, 1.82) is 0 Å². The molecule has 0 spiro atoms. The summed E-state index contributed by atoms with van der Waals surface area (Å²) in [5.74, 6) is -0.0512. The van der Waals surface area contributed by atoms with Crippen molar-refractivity contribution in [2.75, 3.05) is 13.7 Å². The highest BCUT2D eigenvalue weighted by Gasteiger charge is 2.16. The van der Waals surface area contributed by atoms with Gasteiger partial charge in [0, 0.05) is 10.0 Å². The Hall–Kier alpha value is -1.36. The Kier molecular flexibility index (Phi) is 4.49. The van der Waals surface area contributed by atoms with Crippen LogP contribution >= 0.6 is 15.9 Å². The third-order valence-corrected chi connectivity index (χ3v) is 2.61. The van der Waals surface area contributed by atoms with Gasteiger partial charge in [0.05, 0.1) is 19.3 Å². The molecule has 1 aromatic carbocycles. The number of esters is 1. The van der Waals surface area contributed by atoms with Crippen molar-refractivity contribution in [2.45, 2.75) is 6.92 Å². The van der Waals surface area contributed by atoms with E-state index in [-0.39, 0.29) is 17.7 Å². The molecule has 0 aliphatic carbocycles. The van der Waals surface area contributed by atoms with Gasteiger partial charge in [0.2, 0.25) is 0 Å². The lowest BCUT2D eigenvalue weighted by Gasteiger charge is -2.08. The van der Waals surface area contributed by atoms with Crippen LogP contribution in [0.2, 0.25) is 0 Å². The van der Waals surface area contributed by atoms with Gasteiger partial charge in [0.25, 0.3) is 0 Å². The number of rotatable bonds is 4. The van der Waals surface area contributed by atoms with Crippen LogP contribution in [0, 0.1) is 0 Å². The Balaban J connectivity index is 3.27. The van der Waals surface area contributed by atoms with E-state index in [1.165, 1.54) is 13.2 Å². The van der Waals surface area contributed by atoms with Crippen molar-refractivity contribution in [2.24, 2.45) is 0 Å². The summed E-state index contributed by atoms with van der Waals surface area (Å²) in [5, 5.41) is 0. The minimum absolute atomic E-state index is 0.197. The minimum Gasteiger partial charge on any atom is -0.497 e. The molecular weight excluding hydrogens is 276 g/mol. The highest BCUT2D eigenvalue weighted by atomic mass is 79.9. The molecule has 4 nitrogen and oxygen atoms in total. The van der Waals surface area contributed by atoms with Gasteiger partial charge in [0.1, 0.15) is 5.75 Å². The molecule has 1 rings (SSSR count). The summed E-state index contributed by atoms with van der Waals surface area (Å²) in [7, 11) is 1.48. The Bertz CT molecular complexity index is 415. The topological polar surface area (TPSA) is 52.6 Å². The van der Waals surface area contributed by atoms with E-state index in [0.717, 1.165) is 0 Å². The van der Waals surface area contributed by atoms with E-state index in [1.807, 2.05) is 0 Å². The Morgan fingerprint density at radius 3 is 2.69 bits per heavy atom. The van der Waals surface area contributed by atoms with Crippen LogP contribution in [0.1, 0.15) is 27.6 Å². The number of carbonyl (C=O) groups is 2. The van der Waals surface area contributed by atoms with Gasteiger partial charge < -0.3 is 9.47 Å². The van der Waals surface area contributed by atoms with Gasteiger partial charge in [-0.05, 0) is 35.0 Å². The molecule has 0 amide bonds. The zero-order valence-electron chi connectivity index (χ0n) is 8.95. The number of hydrogen-bond acceptors (Lipinski definition) is 4. The molecule has 0 bridgehead atoms. The fourth-order valence-electron chi connectivity index (χ4n) is 1.21. The largest absolute Gasteiger partial charge is 0.497 e. The number of aldehydes is 1. The van der Waals surface area contributed by atoms with Crippen molar-refractivity contribution in [3.05, 3.63) is 27.7 Å². The average Bonchev–Trinajstić information content (AvgIpc) is 2.28. The van der Waals surface area contributed by atoms with Gasteiger partial charge in [0.15, 0.2) is 6.29 Å². The fourth-order valence-corrected chi connectivity index (χ4v) is 1.74. The zero-order valence-corrected chi connectivity index (χ0v) is 10.5. The van der Waals surface area contributed by atoms with Crippen LogP contribution in [-0.4, -0.2) is 26.0 Å². The summed E-state index contributed by atoms with van der Waals surface area (Å²) < 4.78 is 10.4. The summed E-state index contributed by atoms with van der Waals surface area (Å²) in [6.07, 6.45) is 0.607. The molecule has 0 fully saturated rings. The molecule has 0 heterocycles. The first-order valence-electron chi connectivity index (χ1n) is 4.63. The van der Waals surface area contributed by atoms with Crippen molar-refractivity contribution < 1.29 is 19.1 Å². The van der Waals surface area contributed by atoms with Crippen molar-refractivity contribution in [3.8, 4) is 5.75 Å². The highest BCUT2D eigenvalue weighted by Crippen LogP contribution is 2.26. The normalized spacial score (nSPS) is 9.69. The molecule has 0 unspecified atom stereocenters. The van der Waals surface area contributed by atoms with Gasteiger partial charge in [-0.1, -0.05) is 0 Å².